The van der Waals surface area contributed by atoms with Crippen LogP contribution in [0.25, 0.3) is 0 Å². The molecule has 0 aromatic carbocycles. The lowest BCUT2D eigenvalue weighted by atomic mass is 9.79. The third-order valence-corrected chi connectivity index (χ3v) is 4.03. The summed E-state index contributed by atoms with van der Waals surface area (Å²) in [7, 11) is 0. The molecule has 0 radical (unpaired) electrons. The zero-order valence-corrected chi connectivity index (χ0v) is 14.0. The third kappa shape index (κ3) is 3.89. The Morgan fingerprint density at radius 3 is 2.59 bits per heavy atom. The summed E-state index contributed by atoms with van der Waals surface area (Å²) in [6.45, 7) is 8.72. The lowest BCUT2D eigenvalue weighted by Crippen LogP contribution is -2.46. The van der Waals surface area contributed by atoms with E-state index in [4.69, 9.17) is 9.26 Å². The van der Waals surface area contributed by atoms with E-state index in [0.717, 1.165) is 19.6 Å². The third-order valence-electron chi connectivity index (χ3n) is 4.03. The number of carbonyl (C=O) groups is 1. The number of piperidine rings is 3. The standard InChI is InChI=1S/C14H22N4O3.ClH/c1-14(2,3)20-13(19)16-12-15-11(21-17-12)10-8-18-6-4-9(10)5-7-18;/h9-10H,4-8H2,1-3H3,(H,16,17,19);1H. The highest BCUT2D eigenvalue weighted by molar-refractivity contribution is 5.85. The Balaban J connectivity index is 0.00000176. The van der Waals surface area contributed by atoms with E-state index in [2.05, 4.69) is 20.4 Å². The second-order valence-electron chi connectivity index (χ2n) is 6.83. The van der Waals surface area contributed by atoms with Crippen molar-refractivity contribution in [3.8, 4) is 0 Å². The predicted molar refractivity (Wildman–Crippen MR) is 83.3 cm³/mol. The molecule has 1 unspecified atom stereocenters. The Morgan fingerprint density at radius 2 is 2.05 bits per heavy atom. The van der Waals surface area contributed by atoms with Gasteiger partial charge >= 0.3 is 6.09 Å². The van der Waals surface area contributed by atoms with Crippen LogP contribution in [0.15, 0.2) is 4.52 Å². The van der Waals surface area contributed by atoms with Crippen LogP contribution in [-0.4, -0.2) is 46.4 Å². The van der Waals surface area contributed by atoms with Gasteiger partial charge < -0.3 is 14.2 Å². The summed E-state index contributed by atoms with van der Waals surface area (Å²) >= 11 is 0. The lowest BCUT2D eigenvalue weighted by molar-refractivity contribution is 0.0634. The average molecular weight is 331 g/mol. The Morgan fingerprint density at radius 1 is 1.36 bits per heavy atom. The number of aromatic nitrogens is 2. The number of amides is 1. The van der Waals surface area contributed by atoms with Gasteiger partial charge in [0.2, 0.25) is 5.89 Å². The minimum absolute atomic E-state index is 0. The number of hydrogen-bond acceptors (Lipinski definition) is 6. The molecule has 0 aliphatic carbocycles. The molecule has 2 bridgehead atoms. The highest BCUT2D eigenvalue weighted by Crippen LogP contribution is 2.38. The van der Waals surface area contributed by atoms with Gasteiger partial charge in [-0.05, 0) is 57.8 Å². The molecule has 3 aliphatic heterocycles. The summed E-state index contributed by atoms with van der Waals surface area (Å²) in [6, 6.07) is 0. The van der Waals surface area contributed by atoms with Crippen LogP contribution >= 0.6 is 12.4 Å². The molecule has 3 saturated heterocycles. The van der Waals surface area contributed by atoms with E-state index in [9.17, 15) is 4.79 Å². The minimum atomic E-state index is -0.566. The van der Waals surface area contributed by atoms with Crippen LogP contribution in [0, 0.1) is 5.92 Å². The highest BCUT2D eigenvalue weighted by Gasteiger charge is 2.38. The van der Waals surface area contributed by atoms with Crippen LogP contribution in [0.3, 0.4) is 0 Å². The Hall–Kier alpha value is -1.34. The zero-order chi connectivity index (χ0) is 15.0. The van der Waals surface area contributed by atoms with Gasteiger partial charge in [-0.15, -0.1) is 12.4 Å². The normalized spacial score (nSPS) is 27.1. The first-order valence-electron chi connectivity index (χ1n) is 7.47. The molecule has 1 atom stereocenters. The fraction of sp³-hybridized carbons (Fsp3) is 0.786. The first-order valence-corrected chi connectivity index (χ1v) is 7.47. The highest BCUT2D eigenvalue weighted by atomic mass is 35.5. The summed E-state index contributed by atoms with van der Waals surface area (Å²) in [5, 5.41) is 6.34. The maximum atomic E-state index is 11.7. The number of halogens is 1. The molecule has 8 heteroatoms. The molecule has 3 aliphatic rings. The molecule has 1 N–H and O–H groups in total. The van der Waals surface area contributed by atoms with Gasteiger partial charge in [-0.2, -0.15) is 4.98 Å². The van der Waals surface area contributed by atoms with Crippen molar-refractivity contribution in [2.75, 3.05) is 25.0 Å². The average Bonchev–Trinajstić information content (AvgIpc) is 2.86. The molecule has 3 fully saturated rings. The van der Waals surface area contributed by atoms with E-state index in [-0.39, 0.29) is 24.3 Å². The van der Waals surface area contributed by atoms with Gasteiger partial charge in [0, 0.05) is 6.54 Å². The summed E-state index contributed by atoms with van der Waals surface area (Å²) in [5.41, 5.74) is -0.549. The van der Waals surface area contributed by atoms with Crippen molar-refractivity contribution in [3.05, 3.63) is 5.89 Å². The topological polar surface area (TPSA) is 80.5 Å². The van der Waals surface area contributed by atoms with Crippen molar-refractivity contribution in [2.24, 2.45) is 5.92 Å². The van der Waals surface area contributed by atoms with Crippen LogP contribution < -0.4 is 5.32 Å². The van der Waals surface area contributed by atoms with Crippen LogP contribution in [0.5, 0.6) is 0 Å². The van der Waals surface area contributed by atoms with Gasteiger partial charge in [0.25, 0.3) is 5.95 Å². The van der Waals surface area contributed by atoms with Crippen molar-refractivity contribution >= 4 is 24.4 Å². The number of fused-ring (bicyclic) bond motifs is 3. The van der Waals surface area contributed by atoms with Crippen molar-refractivity contribution in [2.45, 2.75) is 45.1 Å². The van der Waals surface area contributed by atoms with Gasteiger partial charge in [-0.1, -0.05) is 0 Å². The molecule has 7 nitrogen and oxygen atoms in total. The fourth-order valence-electron chi connectivity index (χ4n) is 3.08. The molecular formula is C14H23ClN4O3. The maximum Gasteiger partial charge on any atom is 0.414 e. The number of anilines is 1. The van der Waals surface area contributed by atoms with Crippen molar-refractivity contribution in [1.29, 1.82) is 0 Å². The predicted octanol–water partition coefficient (Wildman–Crippen LogP) is 2.65. The largest absolute Gasteiger partial charge is 0.444 e. The molecular weight excluding hydrogens is 308 g/mol. The monoisotopic (exact) mass is 330 g/mol. The first kappa shape index (κ1) is 17.0. The van der Waals surface area contributed by atoms with E-state index >= 15 is 0 Å². The maximum absolute atomic E-state index is 11.7. The zero-order valence-electron chi connectivity index (χ0n) is 13.2. The van der Waals surface area contributed by atoms with Crippen molar-refractivity contribution < 1.29 is 14.1 Å². The van der Waals surface area contributed by atoms with Gasteiger partial charge in [-0.3, -0.25) is 5.32 Å². The summed E-state index contributed by atoms with van der Waals surface area (Å²) in [5.74, 6) is 1.70. The number of rotatable bonds is 2. The summed E-state index contributed by atoms with van der Waals surface area (Å²) < 4.78 is 10.5. The summed E-state index contributed by atoms with van der Waals surface area (Å²) in [6.07, 6.45) is 1.80. The van der Waals surface area contributed by atoms with Crippen LogP contribution in [0.2, 0.25) is 0 Å². The van der Waals surface area contributed by atoms with Crippen LogP contribution in [-0.2, 0) is 4.74 Å². The number of carbonyl (C=O) groups excluding carboxylic acids is 1. The SMILES string of the molecule is CC(C)(C)OC(=O)Nc1noc(C2CN3CCC2CC3)n1.Cl. The molecule has 1 aromatic heterocycles. The molecule has 4 rings (SSSR count). The van der Waals surface area contributed by atoms with Crippen LogP contribution in [0.1, 0.15) is 45.4 Å². The molecule has 4 heterocycles. The van der Waals surface area contributed by atoms with E-state index in [1.165, 1.54) is 12.8 Å². The van der Waals surface area contributed by atoms with E-state index in [1.54, 1.807) is 20.8 Å². The molecule has 1 amide bonds. The van der Waals surface area contributed by atoms with Gasteiger partial charge in [0.1, 0.15) is 5.60 Å². The second-order valence-corrected chi connectivity index (χ2v) is 6.83. The number of nitrogens with one attached hydrogen (secondary N) is 1. The molecule has 22 heavy (non-hydrogen) atoms. The van der Waals surface area contributed by atoms with Crippen molar-refractivity contribution in [1.82, 2.24) is 15.0 Å². The van der Waals surface area contributed by atoms with E-state index in [1.807, 2.05) is 0 Å². The molecule has 0 saturated carbocycles. The second kappa shape index (κ2) is 6.42. The van der Waals surface area contributed by atoms with Gasteiger partial charge in [0.05, 0.1) is 5.92 Å². The van der Waals surface area contributed by atoms with Gasteiger partial charge in [0.15, 0.2) is 0 Å². The quantitative estimate of drug-likeness (QED) is 0.897. The first-order chi connectivity index (χ1) is 9.90. The fourth-order valence-corrected chi connectivity index (χ4v) is 3.08. The molecule has 124 valence electrons. The van der Waals surface area contributed by atoms with Crippen molar-refractivity contribution in [3.63, 3.8) is 0 Å². The molecule has 0 spiro atoms. The van der Waals surface area contributed by atoms with Gasteiger partial charge in [-0.25, -0.2) is 4.79 Å². The molecule has 1 aromatic rings. The number of ether oxygens (including phenoxy) is 1. The summed E-state index contributed by atoms with van der Waals surface area (Å²) in [4.78, 5) is 18.4. The van der Waals surface area contributed by atoms with Crippen LogP contribution in [0.4, 0.5) is 10.7 Å². The lowest BCUT2D eigenvalue weighted by Gasteiger charge is -2.43. The number of nitrogens with zero attached hydrogens (tertiary/aromatic N) is 3. The van der Waals surface area contributed by atoms with E-state index < -0.39 is 11.7 Å². The Bertz CT molecular complexity index is 520. The number of hydrogen-bond donors (Lipinski definition) is 1. The Labute approximate surface area is 136 Å². The Kier molecular flexibility index (Phi) is 4.97. The van der Waals surface area contributed by atoms with E-state index in [0.29, 0.717) is 11.8 Å². The minimum Gasteiger partial charge on any atom is -0.444 e. The smallest absolute Gasteiger partial charge is 0.414 e.